The van der Waals surface area contributed by atoms with Gasteiger partial charge in [-0.1, -0.05) is 31.4 Å². The number of nitrogens with one attached hydrogen (secondary N) is 1. The zero-order valence-electron chi connectivity index (χ0n) is 22.6. The molecule has 0 aliphatic rings. The molecular weight excluding hydrogens is 535 g/mol. The fourth-order valence-corrected chi connectivity index (χ4v) is 4.68. The molecule has 2 rings (SSSR count). The van der Waals surface area contributed by atoms with E-state index in [1.54, 1.807) is 49.7 Å². The highest BCUT2D eigenvalue weighted by atomic mass is 32.1. The number of alkyl halides is 3. The molecule has 216 valence electrons. The zero-order chi connectivity index (χ0) is 28.8. The van der Waals surface area contributed by atoms with Crippen molar-refractivity contribution in [3.63, 3.8) is 0 Å². The molecule has 0 radical (unpaired) electrons. The van der Waals surface area contributed by atoms with Crippen LogP contribution in [0.5, 0.6) is 11.5 Å². The Morgan fingerprint density at radius 2 is 1.77 bits per heavy atom. The highest BCUT2D eigenvalue weighted by Crippen LogP contribution is 2.32. The van der Waals surface area contributed by atoms with Crippen molar-refractivity contribution in [2.45, 2.75) is 77.6 Å². The number of carbonyl (C=O) groups is 2. The van der Waals surface area contributed by atoms with Crippen molar-refractivity contribution in [3.05, 3.63) is 57.8 Å². The van der Waals surface area contributed by atoms with E-state index >= 15 is 0 Å². The van der Waals surface area contributed by atoms with E-state index in [0.29, 0.717) is 16.4 Å². The average Bonchev–Trinajstić information content (AvgIpc) is 3.32. The quantitative estimate of drug-likeness (QED) is 0.101. The van der Waals surface area contributed by atoms with Gasteiger partial charge >= 0.3 is 12.1 Å². The van der Waals surface area contributed by atoms with Crippen molar-refractivity contribution >= 4 is 23.2 Å². The molecule has 1 heterocycles. The molecule has 0 aliphatic heterocycles. The van der Waals surface area contributed by atoms with Crippen LogP contribution in [0.15, 0.2) is 47.4 Å². The lowest BCUT2D eigenvalue weighted by Gasteiger charge is -2.26. The van der Waals surface area contributed by atoms with Crippen LogP contribution in [0.3, 0.4) is 0 Å². The number of thiophene rings is 1. The standard InChI is InChI=1S/C28H36F3NO6S/c1-5-6-7-8-19(2)9-14-23(32-24(33)15-17-36-22-12-10-21(35-4)11-13-22)25(26-20(3)16-18-39-26)37-38-27(34)28(29,30)31/h9-13,16,18,23,25H,5-8,14-15,17H2,1-4H3,(H,32,33). The Morgan fingerprint density at radius 1 is 1.08 bits per heavy atom. The van der Waals surface area contributed by atoms with Crippen molar-refractivity contribution < 1.29 is 42.0 Å². The zero-order valence-corrected chi connectivity index (χ0v) is 23.5. The summed E-state index contributed by atoms with van der Waals surface area (Å²) in [7, 11) is 1.55. The van der Waals surface area contributed by atoms with E-state index in [0.717, 1.165) is 36.8 Å². The van der Waals surface area contributed by atoms with E-state index in [4.69, 9.17) is 14.4 Å². The first kappa shape index (κ1) is 32.2. The van der Waals surface area contributed by atoms with Crippen molar-refractivity contribution in [2.24, 2.45) is 0 Å². The van der Waals surface area contributed by atoms with Crippen molar-refractivity contribution in [1.29, 1.82) is 0 Å². The number of hydrogen-bond acceptors (Lipinski definition) is 7. The number of methoxy groups -OCH3 is 1. The van der Waals surface area contributed by atoms with Crippen LogP contribution < -0.4 is 14.8 Å². The molecule has 1 N–H and O–H groups in total. The van der Waals surface area contributed by atoms with E-state index in [1.807, 2.05) is 13.0 Å². The normalized spacial score (nSPS) is 13.5. The molecule has 11 heteroatoms. The van der Waals surface area contributed by atoms with Gasteiger partial charge in [-0.05, 0) is 74.4 Å². The fourth-order valence-electron chi connectivity index (χ4n) is 3.67. The number of hydrogen-bond donors (Lipinski definition) is 1. The average molecular weight is 572 g/mol. The molecule has 1 amide bonds. The number of ether oxygens (including phenoxy) is 2. The van der Waals surface area contributed by atoms with Crippen molar-refractivity contribution in [1.82, 2.24) is 5.32 Å². The van der Waals surface area contributed by atoms with Crippen LogP contribution in [0.1, 0.15) is 68.9 Å². The van der Waals surface area contributed by atoms with Crippen LogP contribution >= 0.6 is 11.3 Å². The van der Waals surface area contributed by atoms with Gasteiger partial charge in [0, 0.05) is 4.88 Å². The molecular formula is C28H36F3NO6S. The summed E-state index contributed by atoms with van der Waals surface area (Å²) in [6.45, 7) is 5.91. The molecule has 2 unspecified atom stereocenters. The van der Waals surface area contributed by atoms with E-state index in [1.165, 1.54) is 11.3 Å². The van der Waals surface area contributed by atoms with Gasteiger partial charge < -0.3 is 14.8 Å². The summed E-state index contributed by atoms with van der Waals surface area (Å²) < 4.78 is 49.1. The van der Waals surface area contributed by atoms with Crippen LogP contribution in [0.25, 0.3) is 0 Å². The van der Waals surface area contributed by atoms with Gasteiger partial charge in [0.1, 0.15) is 11.5 Å². The van der Waals surface area contributed by atoms with Gasteiger partial charge in [-0.25, -0.2) is 4.79 Å². The van der Waals surface area contributed by atoms with E-state index in [-0.39, 0.29) is 19.4 Å². The van der Waals surface area contributed by atoms with Gasteiger partial charge in [0.25, 0.3) is 0 Å². The number of unbranched alkanes of at least 4 members (excludes halogenated alkanes) is 2. The minimum Gasteiger partial charge on any atom is -0.497 e. The highest BCUT2D eigenvalue weighted by molar-refractivity contribution is 7.10. The van der Waals surface area contributed by atoms with Gasteiger partial charge in [-0.15, -0.1) is 11.3 Å². The summed E-state index contributed by atoms with van der Waals surface area (Å²) in [5, 5.41) is 4.60. The smallest absolute Gasteiger partial charge is 0.494 e. The Kier molecular flexibility index (Phi) is 13.3. The monoisotopic (exact) mass is 571 g/mol. The summed E-state index contributed by atoms with van der Waals surface area (Å²) in [6, 6.07) is 7.85. The Bertz CT molecular complexity index is 1070. The summed E-state index contributed by atoms with van der Waals surface area (Å²) in [5.41, 5.74) is 1.82. The van der Waals surface area contributed by atoms with E-state index in [9.17, 15) is 22.8 Å². The van der Waals surface area contributed by atoms with Gasteiger partial charge in [0.05, 0.1) is 26.2 Å². The number of amides is 1. The summed E-state index contributed by atoms with van der Waals surface area (Å²) >= 11 is 1.24. The first-order chi connectivity index (χ1) is 18.5. The SMILES string of the molecule is CCCCCC(C)=CCC(NC(=O)CCOc1ccc(OC)cc1)C(OOC(=O)C(F)(F)F)c1sccc1C. The van der Waals surface area contributed by atoms with Crippen molar-refractivity contribution in [2.75, 3.05) is 13.7 Å². The Hall–Kier alpha value is -3.05. The van der Waals surface area contributed by atoms with Crippen LogP contribution in [0, 0.1) is 6.92 Å². The van der Waals surface area contributed by atoms with Crippen LogP contribution in [0.2, 0.25) is 0 Å². The lowest BCUT2D eigenvalue weighted by molar-refractivity contribution is -0.326. The second-order valence-electron chi connectivity index (χ2n) is 9.04. The Labute approximate surface area is 231 Å². The highest BCUT2D eigenvalue weighted by Gasteiger charge is 2.43. The minimum atomic E-state index is -5.22. The maximum absolute atomic E-state index is 12.9. The third-order valence-electron chi connectivity index (χ3n) is 5.88. The number of rotatable bonds is 16. The summed E-state index contributed by atoms with van der Waals surface area (Å²) in [6.07, 6.45) is -0.183. The molecule has 1 aromatic carbocycles. The molecule has 2 atom stereocenters. The first-order valence-corrected chi connectivity index (χ1v) is 13.6. The molecule has 0 saturated carbocycles. The maximum atomic E-state index is 12.9. The lowest BCUT2D eigenvalue weighted by atomic mass is 10.0. The van der Waals surface area contributed by atoms with Crippen molar-refractivity contribution in [3.8, 4) is 11.5 Å². The molecule has 7 nitrogen and oxygen atoms in total. The predicted octanol–water partition coefficient (Wildman–Crippen LogP) is 7.01. The van der Waals surface area contributed by atoms with Gasteiger partial charge in [0.15, 0.2) is 6.10 Å². The molecule has 0 saturated heterocycles. The minimum absolute atomic E-state index is 0.0137. The summed E-state index contributed by atoms with van der Waals surface area (Å²) in [5.74, 6) is -1.64. The molecule has 39 heavy (non-hydrogen) atoms. The molecule has 1 aromatic heterocycles. The molecule has 0 bridgehead atoms. The third-order valence-corrected chi connectivity index (χ3v) is 6.96. The second-order valence-corrected chi connectivity index (χ2v) is 9.99. The van der Waals surface area contributed by atoms with Crippen LogP contribution in [-0.4, -0.2) is 37.8 Å². The van der Waals surface area contributed by atoms with E-state index < -0.39 is 30.2 Å². The number of carbonyl (C=O) groups excluding carboxylic acids is 2. The number of halogens is 3. The number of aryl methyl sites for hydroxylation is 1. The third kappa shape index (κ3) is 11.3. The Morgan fingerprint density at radius 3 is 2.36 bits per heavy atom. The molecule has 2 aromatic rings. The second kappa shape index (κ2) is 16.1. The first-order valence-electron chi connectivity index (χ1n) is 12.8. The summed E-state index contributed by atoms with van der Waals surface area (Å²) in [4.78, 5) is 34.1. The topological polar surface area (TPSA) is 83.1 Å². The van der Waals surface area contributed by atoms with Gasteiger partial charge in [-0.3, -0.25) is 9.68 Å². The number of benzene rings is 1. The largest absolute Gasteiger partial charge is 0.497 e. The maximum Gasteiger partial charge on any atom is 0.494 e. The molecule has 0 fully saturated rings. The van der Waals surface area contributed by atoms with Gasteiger partial charge in [-0.2, -0.15) is 18.1 Å². The Balaban J connectivity index is 2.17. The molecule has 0 aliphatic carbocycles. The van der Waals surface area contributed by atoms with Crippen LogP contribution in [0.4, 0.5) is 13.2 Å². The van der Waals surface area contributed by atoms with Crippen LogP contribution in [-0.2, 0) is 19.4 Å². The number of allylic oxidation sites excluding steroid dienone is 1. The fraction of sp³-hybridized carbons (Fsp3) is 0.500. The molecule has 0 spiro atoms. The predicted molar refractivity (Wildman–Crippen MR) is 143 cm³/mol. The lowest BCUT2D eigenvalue weighted by Crippen LogP contribution is -2.41. The van der Waals surface area contributed by atoms with Gasteiger partial charge in [0.2, 0.25) is 5.91 Å². The van der Waals surface area contributed by atoms with E-state index in [2.05, 4.69) is 17.1 Å².